The highest BCUT2D eigenvalue weighted by Gasteiger charge is 2.36. The fourth-order valence-corrected chi connectivity index (χ4v) is 3.14. The van der Waals surface area contributed by atoms with Gasteiger partial charge in [-0.25, -0.2) is 0 Å². The molecule has 7 heteroatoms. The first-order valence-corrected chi connectivity index (χ1v) is 6.96. The van der Waals surface area contributed by atoms with E-state index in [1.165, 1.54) is 12.8 Å². The van der Waals surface area contributed by atoms with Gasteiger partial charge in [-0.15, -0.1) is 0 Å². The molecule has 0 aromatic heterocycles. The van der Waals surface area contributed by atoms with Gasteiger partial charge >= 0.3 is 6.18 Å². The first kappa shape index (κ1) is 15.1. The lowest BCUT2D eigenvalue weighted by Crippen LogP contribution is -2.40. The molecule has 1 aliphatic heterocycles. The predicted molar refractivity (Wildman–Crippen MR) is 65.7 cm³/mol. The maximum absolute atomic E-state index is 12.0. The van der Waals surface area contributed by atoms with Gasteiger partial charge < -0.3 is 10.2 Å². The van der Waals surface area contributed by atoms with Gasteiger partial charge in [-0.05, 0) is 24.7 Å². The molecule has 2 amide bonds. The smallest absolute Gasteiger partial charge is 0.347 e. The molecule has 2 fully saturated rings. The van der Waals surface area contributed by atoms with E-state index in [2.05, 4.69) is 0 Å². The second-order valence-corrected chi connectivity index (χ2v) is 5.67. The summed E-state index contributed by atoms with van der Waals surface area (Å²) in [5, 5.41) is 2.05. The summed E-state index contributed by atoms with van der Waals surface area (Å²) in [5.41, 5.74) is 0. The van der Waals surface area contributed by atoms with Gasteiger partial charge in [0.1, 0.15) is 6.42 Å². The van der Waals surface area contributed by atoms with Crippen molar-refractivity contribution >= 4 is 11.8 Å². The average Bonchev–Trinajstić information content (AvgIpc) is 2.77. The Morgan fingerprint density at radius 1 is 1.10 bits per heavy atom. The van der Waals surface area contributed by atoms with E-state index in [9.17, 15) is 22.8 Å². The van der Waals surface area contributed by atoms with Crippen LogP contribution in [0.2, 0.25) is 0 Å². The monoisotopic (exact) mass is 292 g/mol. The summed E-state index contributed by atoms with van der Waals surface area (Å²) in [5.74, 6) is -0.380. The van der Waals surface area contributed by atoms with E-state index in [1.54, 1.807) is 4.90 Å². The van der Waals surface area contributed by atoms with Gasteiger partial charge in [0.05, 0.1) is 6.54 Å². The highest BCUT2D eigenvalue weighted by Crippen LogP contribution is 2.35. The van der Waals surface area contributed by atoms with Crippen LogP contribution in [0, 0.1) is 11.8 Å². The summed E-state index contributed by atoms with van der Waals surface area (Å²) in [4.78, 5) is 24.6. The van der Waals surface area contributed by atoms with Gasteiger partial charge in [0.2, 0.25) is 11.8 Å². The van der Waals surface area contributed by atoms with Crippen molar-refractivity contribution in [2.24, 2.45) is 11.8 Å². The molecule has 0 aromatic carbocycles. The van der Waals surface area contributed by atoms with Crippen LogP contribution in [0.4, 0.5) is 13.2 Å². The van der Waals surface area contributed by atoms with E-state index in [0.717, 1.165) is 12.8 Å². The van der Waals surface area contributed by atoms with E-state index >= 15 is 0 Å². The Balaban J connectivity index is 1.74. The molecule has 1 heterocycles. The summed E-state index contributed by atoms with van der Waals surface area (Å²) in [6.45, 7) is 1.02. The molecule has 0 bridgehead atoms. The molecule has 0 radical (unpaired) electrons. The Bertz CT molecular complexity index is 370. The number of hydrogen-bond acceptors (Lipinski definition) is 2. The van der Waals surface area contributed by atoms with Crippen LogP contribution in [-0.4, -0.2) is 42.5 Å². The lowest BCUT2D eigenvalue weighted by molar-refractivity contribution is -0.154. The third-order valence-corrected chi connectivity index (χ3v) is 4.13. The highest BCUT2D eigenvalue weighted by molar-refractivity contribution is 5.85. The molecule has 2 rings (SSSR count). The maximum Gasteiger partial charge on any atom is 0.397 e. The number of hydrogen-bond donors (Lipinski definition) is 1. The molecule has 2 unspecified atom stereocenters. The highest BCUT2D eigenvalue weighted by atomic mass is 19.4. The molecule has 2 atom stereocenters. The van der Waals surface area contributed by atoms with Crippen molar-refractivity contribution < 1.29 is 22.8 Å². The normalized spacial score (nSPS) is 26.2. The number of nitrogens with one attached hydrogen (secondary N) is 1. The van der Waals surface area contributed by atoms with Crippen LogP contribution in [0.15, 0.2) is 0 Å². The molecule has 0 spiro atoms. The minimum atomic E-state index is -4.53. The van der Waals surface area contributed by atoms with Crippen molar-refractivity contribution in [3.8, 4) is 0 Å². The fourth-order valence-electron chi connectivity index (χ4n) is 3.14. The third kappa shape index (κ3) is 4.11. The molecule has 1 aliphatic carbocycles. The van der Waals surface area contributed by atoms with Crippen molar-refractivity contribution in [3.63, 3.8) is 0 Å². The fraction of sp³-hybridized carbons (Fsp3) is 0.846. The zero-order valence-electron chi connectivity index (χ0n) is 11.2. The van der Waals surface area contributed by atoms with Crippen molar-refractivity contribution in [1.82, 2.24) is 10.2 Å². The van der Waals surface area contributed by atoms with Gasteiger partial charge in [-0.3, -0.25) is 9.59 Å². The Hall–Kier alpha value is -1.27. The molecule has 2 aliphatic rings. The number of carbonyl (C=O) groups excluding carboxylic acids is 2. The first-order valence-electron chi connectivity index (χ1n) is 6.96. The molecule has 20 heavy (non-hydrogen) atoms. The average molecular weight is 292 g/mol. The minimum absolute atomic E-state index is 0.282. The number of carbonyl (C=O) groups is 2. The Kier molecular flexibility index (Phi) is 4.55. The lowest BCUT2D eigenvalue weighted by atomic mass is 9.82. The minimum Gasteiger partial charge on any atom is -0.347 e. The molecule has 4 nitrogen and oxygen atoms in total. The van der Waals surface area contributed by atoms with Crippen LogP contribution in [0.5, 0.6) is 0 Å². The second-order valence-electron chi connectivity index (χ2n) is 5.67. The largest absolute Gasteiger partial charge is 0.397 e. The van der Waals surface area contributed by atoms with Gasteiger partial charge in [-0.2, -0.15) is 13.2 Å². The Labute approximate surface area is 115 Å². The van der Waals surface area contributed by atoms with Crippen molar-refractivity contribution in [2.45, 2.75) is 38.3 Å². The number of fused-ring (bicyclic) bond motifs is 1. The quantitative estimate of drug-likeness (QED) is 0.861. The SMILES string of the molecule is O=C(CC(F)(F)F)NCC(=O)N1CC2CCCCC2C1. The number of halogens is 3. The molecule has 1 saturated carbocycles. The molecular weight excluding hydrogens is 273 g/mol. The topological polar surface area (TPSA) is 49.4 Å². The predicted octanol–water partition coefficient (Wildman–Crippen LogP) is 1.70. The van der Waals surface area contributed by atoms with E-state index < -0.39 is 18.5 Å². The van der Waals surface area contributed by atoms with Crippen LogP contribution in [0.25, 0.3) is 0 Å². The summed E-state index contributed by atoms with van der Waals surface area (Å²) in [6, 6.07) is 0. The first-order chi connectivity index (χ1) is 9.35. The van der Waals surface area contributed by atoms with Crippen LogP contribution in [0.3, 0.4) is 0 Å². The third-order valence-electron chi connectivity index (χ3n) is 4.13. The summed E-state index contributed by atoms with van der Waals surface area (Å²) >= 11 is 0. The van der Waals surface area contributed by atoms with E-state index in [0.29, 0.717) is 24.9 Å². The molecule has 0 aromatic rings. The van der Waals surface area contributed by atoms with Crippen LogP contribution in [0.1, 0.15) is 32.1 Å². The molecule has 114 valence electrons. The van der Waals surface area contributed by atoms with E-state index in [4.69, 9.17) is 0 Å². The van der Waals surface area contributed by atoms with Crippen molar-refractivity contribution in [1.29, 1.82) is 0 Å². The van der Waals surface area contributed by atoms with Crippen molar-refractivity contribution in [3.05, 3.63) is 0 Å². The number of likely N-dealkylation sites (tertiary alicyclic amines) is 1. The number of alkyl halides is 3. The summed E-state index contributed by atoms with van der Waals surface area (Å²) in [6.07, 6.45) is -1.46. The van der Waals surface area contributed by atoms with Crippen LogP contribution < -0.4 is 5.32 Å². The van der Waals surface area contributed by atoms with Gasteiger partial charge in [0, 0.05) is 13.1 Å². The molecular formula is C13H19F3N2O2. The summed E-state index contributed by atoms with van der Waals surface area (Å²) in [7, 11) is 0. The van der Waals surface area contributed by atoms with E-state index in [1.807, 2.05) is 5.32 Å². The zero-order valence-corrected chi connectivity index (χ0v) is 11.2. The lowest BCUT2D eigenvalue weighted by Gasteiger charge is -2.22. The van der Waals surface area contributed by atoms with Gasteiger partial charge in [0.25, 0.3) is 0 Å². The van der Waals surface area contributed by atoms with Crippen molar-refractivity contribution in [2.75, 3.05) is 19.6 Å². The zero-order chi connectivity index (χ0) is 14.8. The second kappa shape index (κ2) is 6.01. The number of rotatable bonds is 3. The number of amides is 2. The molecule has 1 N–H and O–H groups in total. The van der Waals surface area contributed by atoms with Gasteiger partial charge in [0.15, 0.2) is 0 Å². The number of nitrogens with zero attached hydrogens (tertiary/aromatic N) is 1. The van der Waals surface area contributed by atoms with E-state index in [-0.39, 0.29) is 12.5 Å². The summed E-state index contributed by atoms with van der Waals surface area (Å²) < 4.78 is 35.9. The van der Waals surface area contributed by atoms with Crippen LogP contribution in [-0.2, 0) is 9.59 Å². The van der Waals surface area contributed by atoms with Crippen LogP contribution >= 0.6 is 0 Å². The standard InChI is InChI=1S/C13H19F3N2O2/c14-13(15,16)5-11(19)17-6-12(20)18-7-9-3-1-2-4-10(9)8-18/h9-10H,1-8H2,(H,17,19). The molecule has 1 saturated heterocycles. The Morgan fingerprint density at radius 2 is 1.65 bits per heavy atom. The maximum atomic E-state index is 12.0. The Morgan fingerprint density at radius 3 is 2.15 bits per heavy atom. The van der Waals surface area contributed by atoms with Gasteiger partial charge in [-0.1, -0.05) is 12.8 Å².